The number of carbonyl (C=O) groups excluding carboxylic acids is 1. The fraction of sp³-hybridized carbons (Fsp3) is 0.444. The Labute approximate surface area is 99.4 Å². The molecule has 0 spiro atoms. The number of hydrogen-bond donors (Lipinski definition) is 2. The second-order valence-electron chi connectivity index (χ2n) is 2.92. The zero-order valence-electron chi connectivity index (χ0n) is 8.38. The minimum atomic E-state index is -0.829. The Morgan fingerprint density at radius 2 is 2.40 bits per heavy atom. The molecule has 4 nitrogen and oxygen atoms in total. The van der Waals surface area contributed by atoms with Gasteiger partial charge in [0.1, 0.15) is 5.69 Å². The molecule has 0 aliphatic rings. The highest BCUT2D eigenvalue weighted by atomic mass is 79.9. The summed E-state index contributed by atoms with van der Waals surface area (Å²) in [7, 11) is -0.829. The summed E-state index contributed by atoms with van der Waals surface area (Å²) in [5, 5.41) is 2.69. The van der Waals surface area contributed by atoms with Crippen molar-refractivity contribution in [3.8, 4) is 0 Å². The van der Waals surface area contributed by atoms with Crippen molar-refractivity contribution in [3.05, 3.63) is 22.4 Å². The highest BCUT2D eigenvalue weighted by molar-refractivity contribution is 9.10. The molecule has 1 aromatic heterocycles. The van der Waals surface area contributed by atoms with Crippen LogP contribution in [0, 0.1) is 0 Å². The van der Waals surface area contributed by atoms with Gasteiger partial charge in [0.15, 0.2) is 0 Å². The predicted octanol–water partition coefficient (Wildman–Crippen LogP) is 1.28. The molecule has 15 heavy (non-hydrogen) atoms. The van der Waals surface area contributed by atoms with Crippen molar-refractivity contribution >= 4 is 32.6 Å². The number of carbonyl (C=O) groups is 1. The molecule has 1 aromatic rings. The smallest absolute Gasteiger partial charge is 0.267 e. The zero-order chi connectivity index (χ0) is 11.3. The minimum absolute atomic E-state index is 0.172. The van der Waals surface area contributed by atoms with Crippen LogP contribution < -0.4 is 5.32 Å². The van der Waals surface area contributed by atoms with Gasteiger partial charge >= 0.3 is 0 Å². The summed E-state index contributed by atoms with van der Waals surface area (Å²) in [5.74, 6) is 0.961. The SMILES string of the molecule is CCS(=O)CCNC(=O)c1cc(Br)c[nH]1. The van der Waals surface area contributed by atoms with Gasteiger partial charge in [-0.15, -0.1) is 0 Å². The fourth-order valence-electron chi connectivity index (χ4n) is 1.02. The predicted molar refractivity (Wildman–Crippen MR) is 64.4 cm³/mol. The zero-order valence-corrected chi connectivity index (χ0v) is 10.8. The Morgan fingerprint density at radius 3 is 2.93 bits per heavy atom. The molecule has 0 radical (unpaired) electrons. The number of aromatic amines is 1. The van der Waals surface area contributed by atoms with Crippen LogP contribution in [0.4, 0.5) is 0 Å². The quantitative estimate of drug-likeness (QED) is 0.859. The molecular formula is C9H13BrN2O2S. The van der Waals surface area contributed by atoms with E-state index in [1.54, 1.807) is 12.3 Å². The van der Waals surface area contributed by atoms with Crippen molar-refractivity contribution in [1.82, 2.24) is 10.3 Å². The third kappa shape index (κ3) is 4.17. The first-order valence-electron chi connectivity index (χ1n) is 4.60. The topological polar surface area (TPSA) is 62.0 Å². The Hall–Kier alpha value is -0.620. The van der Waals surface area contributed by atoms with Crippen molar-refractivity contribution in [2.75, 3.05) is 18.1 Å². The second kappa shape index (κ2) is 6.07. The fourth-order valence-corrected chi connectivity index (χ4v) is 1.98. The molecule has 0 saturated heterocycles. The van der Waals surface area contributed by atoms with Gasteiger partial charge in [0.2, 0.25) is 0 Å². The lowest BCUT2D eigenvalue weighted by Gasteiger charge is -2.02. The third-order valence-electron chi connectivity index (χ3n) is 1.83. The number of hydrogen-bond acceptors (Lipinski definition) is 2. The number of aromatic nitrogens is 1. The number of halogens is 1. The van der Waals surface area contributed by atoms with Crippen LogP contribution in [0.15, 0.2) is 16.7 Å². The Morgan fingerprint density at radius 1 is 1.67 bits per heavy atom. The van der Waals surface area contributed by atoms with Gasteiger partial charge in [0, 0.05) is 39.5 Å². The molecule has 0 bridgehead atoms. The Bertz CT molecular complexity index is 365. The maximum atomic E-state index is 11.5. The Balaban J connectivity index is 2.34. The average Bonchev–Trinajstić information content (AvgIpc) is 2.64. The third-order valence-corrected chi connectivity index (χ3v) is 3.59. The second-order valence-corrected chi connectivity index (χ2v) is 5.70. The molecule has 0 aromatic carbocycles. The maximum absolute atomic E-state index is 11.5. The summed E-state index contributed by atoms with van der Waals surface area (Å²) in [4.78, 5) is 14.3. The summed E-state index contributed by atoms with van der Waals surface area (Å²) in [5.41, 5.74) is 0.504. The van der Waals surface area contributed by atoms with Crippen LogP contribution in [0.1, 0.15) is 17.4 Å². The lowest BCUT2D eigenvalue weighted by atomic mass is 10.4. The van der Waals surface area contributed by atoms with Crippen LogP contribution >= 0.6 is 15.9 Å². The molecule has 2 N–H and O–H groups in total. The van der Waals surface area contributed by atoms with Gasteiger partial charge in [-0.2, -0.15) is 0 Å². The van der Waals surface area contributed by atoms with E-state index in [1.165, 1.54) is 0 Å². The Kier molecular flexibility index (Phi) is 5.04. The molecule has 6 heteroatoms. The van der Waals surface area contributed by atoms with Crippen LogP contribution in [-0.4, -0.2) is 33.2 Å². The molecule has 1 heterocycles. The largest absolute Gasteiger partial charge is 0.356 e. The van der Waals surface area contributed by atoms with Crippen LogP contribution in [0.3, 0.4) is 0 Å². The maximum Gasteiger partial charge on any atom is 0.267 e. The van der Waals surface area contributed by atoms with E-state index in [1.807, 2.05) is 6.92 Å². The molecule has 0 fully saturated rings. The van der Waals surface area contributed by atoms with E-state index >= 15 is 0 Å². The minimum Gasteiger partial charge on any atom is -0.356 e. The number of nitrogens with one attached hydrogen (secondary N) is 2. The van der Waals surface area contributed by atoms with Crippen LogP contribution in [0.5, 0.6) is 0 Å². The van der Waals surface area contributed by atoms with E-state index in [0.717, 1.165) is 4.47 Å². The molecule has 0 aliphatic carbocycles. The van der Waals surface area contributed by atoms with Gasteiger partial charge in [0.25, 0.3) is 5.91 Å². The normalized spacial score (nSPS) is 12.4. The number of H-pyrrole nitrogens is 1. The molecule has 0 aliphatic heterocycles. The van der Waals surface area contributed by atoms with Gasteiger partial charge in [-0.1, -0.05) is 6.92 Å². The summed E-state index contributed by atoms with van der Waals surface area (Å²) < 4.78 is 11.9. The van der Waals surface area contributed by atoms with Gasteiger partial charge in [-0.25, -0.2) is 0 Å². The molecule has 1 rings (SSSR count). The molecular weight excluding hydrogens is 280 g/mol. The average molecular weight is 293 g/mol. The summed E-state index contributed by atoms with van der Waals surface area (Å²) in [6, 6.07) is 1.70. The van der Waals surface area contributed by atoms with Gasteiger partial charge in [-0.05, 0) is 22.0 Å². The van der Waals surface area contributed by atoms with Gasteiger partial charge in [-0.3, -0.25) is 9.00 Å². The number of amides is 1. The summed E-state index contributed by atoms with van der Waals surface area (Å²) in [6.07, 6.45) is 1.69. The van der Waals surface area contributed by atoms with Crippen molar-refractivity contribution < 1.29 is 9.00 Å². The van der Waals surface area contributed by atoms with E-state index < -0.39 is 10.8 Å². The van der Waals surface area contributed by atoms with E-state index in [2.05, 4.69) is 26.2 Å². The van der Waals surface area contributed by atoms with Crippen molar-refractivity contribution in [2.24, 2.45) is 0 Å². The monoisotopic (exact) mass is 292 g/mol. The van der Waals surface area contributed by atoms with E-state index in [0.29, 0.717) is 23.7 Å². The molecule has 1 amide bonds. The summed E-state index contributed by atoms with van der Waals surface area (Å²) >= 11 is 3.24. The van der Waals surface area contributed by atoms with Crippen molar-refractivity contribution in [1.29, 1.82) is 0 Å². The van der Waals surface area contributed by atoms with Gasteiger partial charge in [0.05, 0.1) is 0 Å². The van der Waals surface area contributed by atoms with Crippen LogP contribution in [0.2, 0.25) is 0 Å². The highest BCUT2D eigenvalue weighted by Gasteiger charge is 2.07. The molecule has 1 unspecified atom stereocenters. The van der Waals surface area contributed by atoms with E-state index in [4.69, 9.17) is 0 Å². The standard InChI is InChI=1S/C9H13BrN2O2S/c1-2-15(14)4-3-11-9(13)8-5-7(10)6-12-8/h5-6,12H,2-4H2,1H3,(H,11,13). The first kappa shape index (κ1) is 12.4. The number of rotatable bonds is 5. The lowest BCUT2D eigenvalue weighted by molar-refractivity contribution is 0.0952. The molecule has 0 saturated carbocycles. The first-order valence-corrected chi connectivity index (χ1v) is 6.88. The first-order chi connectivity index (χ1) is 7.13. The van der Waals surface area contributed by atoms with Crippen molar-refractivity contribution in [3.63, 3.8) is 0 Å². The van der Waals surface area contributed by atoms with Crippen LogP contribution in [-0.2, 0) is 10.8 Å². The lowest BCUT2D eigenvalue weighted by Crippen LogP contribution is -2.28. The molecule has 84 valence electrons. The molecule has 1 atom stereocenters. The highest BCUT2D eigenvalue weighted by Crippen LogP contribution is 2.09. The van der Waals surface area contributed by atoms with Gasteiger partial charge < -0.3 is 10.3 Å². The van der Waals surface area contributed by atoms with E-state index in [-0.39, 0.29) is 5.91 Å². The van der Waals surface area contributed by atoms with Crippen molar-refractivity contribution in [2.45, 2.75) is 6.92 Å². The van der Waals surface area contributed by atoms with Crippen LogP contribution in [0.25, 0.3) is 0 Å². The van der Waals surface area contributed by atoms with E-state index in [9.17, 15) is 9.00 Å². The summed E-state index contributed by atoms with van der Waals surface area (Å²) in [6.45, 7) is 2.30.